The topological polar surface area (TPSA) is 69.6 Å². The van der Waals surface area contributed by atoms with E-state index in [-0.39, 0.29) is 0 Å². The summed E-state index contributed by atoms with van der Waals surface area (Å²) >= 11 is 12.1. The van der Waals surface area contributed by atoms with Gasteiger partial charge in [-0.15, -0.1) is 10.2 Å². The lowest BCUT2D eigenvalue weighted by Crippen LogP contribution is -2.04. The molecule has 4 aromatic rings. The predicted molar refractivity (Wildman–Crippen MR) is 103 cm³/mol. The van der Waals surface area contributed by atoms with E-state index in [0.717, 1.165) is 11.1 Å². The summed E-state index contributed by atoms with van der Waals surface area (Å²) in [4.78, 5) is 4.48. The second kappa shape index (κ2) is 7.50. The third-order valence-electron chi connectivity index (χ3n) is 3.95. The van der Waals surface area contributed by atoms with Gasteiger partial charge in [-0.3, -0.25) is 0 Å². The van der Waals surface area contributed by atoms with Crippen molar-refractivity contribution in [2.24, 2.45) is 0 Å². The molecular weight excluding hydrogens is 385 g/mol. The molecule has 2 heterocycles. The van der Waals surface area contributed by atoms with Crippen LogP contribution in [-0.4, -0.2) is 25.0 Å². The van der Waals surface area contributed by atoms with E-state index in [1.54, 1.807) is 16.8 Å². The van der Waals surface area contributed by atoms with Crippen LogP contribution in [0.25, 0.3) is 11.4 Å². The maximum Gasteiger partial charge on any atom is 0.238 e. The number of nitrogens with zero attached hydrogens (tertiary/aromatic N) is 5. The number of benzene rings is 2. The summed E-state index contributed by atoms with van der Waals surface area (Å²) < 4.78 is 7.49. The number of hydrogen-bond donors (Lipinski definition) is 0. The lowest BCUT2D eigenvalue weighted by molar-refractivity contribution is 0.437. The van der Waals surface area contributed by atoms with Gasteiger partial charge in [0.05, 0.1) is 16.5 Å². The third kappa shape index (κ3) is 4.02. The molecule has 0 amide bonds. The second-order valence-corrected chi connectivity index (χ2v) is 6.84. The first-order valence-electron chi connectivity index (χ1n) is 8.30. The Bertz CT molecular complexity index is 1070. The Labute approximate surface area is 165 Å². The van der Waals surface area contributed by atoms with Gasteiger partial charge in [-0.1, -0.05) is 53.5 Å². The van der Waals surface area contributed by atoms with E-state index in [2.05, 4.69) is 20.3 Å². The van der Waals surface area contributed by atoms with Crippen LogP contribution in [0, 0.1) is 6.92 Å². The quantitative estimate of drug-likeness (QED) is 0.490. The zero-order valence-electron chi connectivity index (χ0n) is 14.4. The average Bonchev–Trinajstić information content (AvgIpc) is 3.25. The minimum atomic E-state index is 0.318. The Morgan fingerprint density at radius 2 is 1.74 bits per heavy atom. The summed E-state index contributed by atoms with van der Waals surface area (Å²) in [7, 11) is 0. The highest BCUT2D eigenvalue weighted by Gasteiger charge is 2.15. The molecule has 8 heteroatoms. The molecule has 0 aliphatic carbocycles. The van der Waals surface area contributed by atoms with Crippen molar-refractivity contribution in [2.75, 3.05) is 0 Å². The van der Waals surface area contributed by atoms with Crippen molar-refractivity contribution in [2.45, 2.75) is 19.9 Å². The van der Waals surface area contributed by atoms with Gasteiger partial charge in [0.1, 0.15) is 12.4 Å². The summed E-state index contributed by atoms with van der Waals surface area (Å²) in [5, 5.41) is 13.6. The van der Waals surface area contributed by atoms with Gasteiger partial charge in [0, 0.05) is 5.56 Å². The van der Waals surface area contributed by atoms with Crippen LogP contribution in [0.4, 0.5) is 0 Å². The highest BCUT2D eigenvalue weighted by Crippen LogP contribution is 2.28. The smallest absolute Gasteiger partial charge is 0.238 e. The summed E-state index contributed by atoms with van der Waals surface area (Å²) in [5.41, 5.74) is 1.93. The third-order valence-corrected chi connectivity index (χ3v) is 4.69. The van der Waals surface area contributed by atoms with E-state index in [4.69, 9.17) is 27.6 Å². The van der Waals surface area contributed by atoms with Crippen LogP contribution in [0.2, 0.25) is 10.0 Å². The molecule has 0 aliphatic heterocycles. The molecular formula is C19H15Cl2N5O. The number of aryl methyl sites for hydroxylation is 1. The largest absolute Gasteiger partial charge is 0.423 e. The molecule has 0 spiro atoms. The van der Waals surface area contributed by atoms with Gasteiger partial charge < -0.3 is 4.42 Å². The average molecular weight is 400 g/mol. The maximum atomic E-state index is 6.13. The van der Waals surface area contributed by atoms with Crippen LogP contribution in [0.15, 0.2) is 52.9 Å². The standard InChI is InChI=1S/C19H15Cl2N5O/c1-12-22-19(14-7-8-15(20)16(21)10-14)26(25-12)11-18-24-23-17(27-18)9-13-5-3-2-4-6-13/h2-8,10H,9,11H2,1H3. The first-order valence-corrected chi connectivity index (χ1v) is 9.06. The van der Waals surface area contributed by atoms with Crippen molar-refractivity contribution in [3.63, 3.8) is 0 Å². The summed E-state index contributed by atoms with van der Waals surface area (Å²) in [6.07, 6.45) is 0.587. The fraction of sp³-hybridized carbons (Fsp3) is 0.158. The molecule has 0 saturated heterocycles. The van der Waals surface area contributed by atoms with E-state index < -0.39 is 0 Å². The predicted octanol–water partition coefficient (Wildman–Crippen LogP) is 4.58. The molecule has 0 fully saturated rings. The summed E-state index contributed by atoms with van der Waals surface area (Å²) in [5.74, 6) is 2.32. The Kier molecular flexibility index (Phi) is 4.92. The number of rotatable bonds is 5. The molecule has 0 atom stereocenters. The molecule has 6 nitrogen and oxygen atoms in total. The molecule has 27 heavy (non-hydrogen) atoms. The zero-order chi connectivity index (χ0) is 18.8. The Hall–Kier alpha value is -2.70. The minimum Gasteiger partial charge on any atom is -0.423 e. The molecule has 0 unspecified atom stereocenters. The molecule has 0 N–H and O–H groups in total. The van der Waals surface area contributed by atoms with Crippen LogP contribution in [0.5, 0.6) is 0 Å². The first-order chi connectivity index (χ1) is 13.1. The van der Waals surface area contributed by atoms with Gasteiger partial charge in [0.15, 0.2) is 5.82 Å². The van der Waals surface area contributed by atoms with Gasteiger partial charge in [-0.25, -0.2) is 9.67 Å². The Balaban J connectivity index is 1.57. The van der Waals surface area contributed by atoms with Crippen LogP contribution in [-0.2, 0) is 13.0 Å². The van der Waals surface area contributed by atoms with Gasteiger partial charge >= 0.3 is 0 Å². The van der Waals surface area contributed by atoms with E-state index in [0.29, 0.717) is 46.4 Å². The Morgan fingerprint density at radius 1 is 0.963 bits per heavy atom. The first kappa shape index (κ1) is 17.7. The maximum absolute atomic E-state index is 6.13. The van der Waals surface area contributed by atoms with Gasteiger partial charge in [-0.05, 0) is 30.7 Å². The van der Waals surface area contributed by atoms with Crippen molar-refractivity contribution >= 4 is 23.2 Å². The number of hydrogen-bond acceptors (Lipinski definition) is 5. The fourth-order valence-electron chi connectivity index (χ4n) is 2.74. The molecule has 0 bridgehead atoms. The number of aromatic nitrogens is 5. The van der Waals surface area contributed by atoms with Crippen molar-refractivity contribution in [3.8, 4) is 11.4 Å². The molecule has 0 aliphatic rings. The number of halogens is 2. The van der Waals surface area contributed by atoms with Gasteiger partial charge in [0.25, 0.3) is 0 Å². The summed E-state index contributed by atoms with van der Waals surface area (Å²) in [6, 6.07) is 15.3. The van der Waals surface area contributed by atoms with E-state index in [1.165, 1.54) is 0 Å². The molecule has 0 saturated carbocycles. The highest BCUT2D eigenvalue weighted by atomic mass is 35.5. The lowest BCUT2D eigenvalue weighted by atomic mass is 10.2. The SMILES string of the molecule is Cc1nc(-c2ccc(Cl)c(Cl)c2)n(Cc2nnc(Cc3ccccc3)o2)n1. The van der Waals surface area contributed by atoms with Gasteiger partial charge in [0.2, 0.25) is 11.8 Å². The monoisotopic (exact) mass is 399 g/mol. The van der Waals surface area contributed by atoms with Crippen LogP contribution in [0.3, 0.4) is 0 Å². The highest BCUT2D eigenvalue weighted by molar-refractivity contribution is 6.42. The normalized spacial score (nSPS) is 11.1. The lowest BCUT2D eigenvalue weighted by Gasteiger charge is -2.04. The second-order valence-electron chi connectivity index (χ2n) is 6.02. The van der Waals surface area contributed by atoms with E-state index in [9.17, 15) is 0 Å². The van der Waals surface area contributed by atoms with Crippen molar-refractivity contribution in [3.05, 3.63) is 81.7 Å². The fourth-order valence-corrected chi connectivity index (χ4v) is 3.03. The van der Waals surface area contributed by atoms with Crippen LogP contribution >= 0.6 is 23.2 Å². The Morgan fingerprint density at radius 3 is 2.52 bits per heavy atom. The van der Waals surface area contributed by atoms with Crippen LogP contribution in [0.1, 0.15) is 23.2 Å². The molecule has 2 aromatic carbocycles. The van der Waals surface area contributed by atoms with E-state index >= 15 is 0 Å². The minimum absolute atomic E-state index is 0.318. The zero-order valence-corrected chi connectivity index (χ0v) is 15.9. The van der Waals surface area contributed by atoms with Crippen molar-refractivity contribution in [1.82, 2.24) is 25.0 Å². The van der Waals surface area contributed by atoms with Gasteiger partial charge in [-0.2, -0.15) is 5.10 Å². The summed E-state index contributed by atoms with van der Waals surface area (Å²) in [6.45, 7) is 2.14. The molecule has 4 rings (SSSR count). The van der Waals surface area contributed by atoms with Crippen molar-refractivity contribution < 1.29 is 4.42 Å². The molecule has 136 valence electrons. The molecule has 0 radical (unpaired) electrons. The van der Waals surface area contributed by atoms with Crippen molar-refractivity contribution in [1.29, 1.82) is 0 Å². The van der Waals surface area contributed by atoms with Crippen LogP contribution < -0.4 is 0 Å². The molecule has 2 aromatic heterocycles. The van der Waals surface area contributed by atoms with E-state index in [1.807, 2.05) is 43.3 Å².